The average Bonchev–Trinajstić information content (AvgIpc) is 2.94. The van der Waals surface area contributed by atoms with Gasteiger partial charge < -0.3 is 10.0 Å². The van der Waals surface area contributed by atoms with E-state index in [1.807, 2.05) is 0 Å². The van der Waals surface area contributed by atoms with Crippen molar-refractivity contribution in [2.75, 3.05) is 11.4 Å². The van der Waals surface area contributed by atoms with E-state index in [0.717, 1.165) is 0 Å². The fourth-order valence-electron chi connectivity index (χ4n) is 3.15. The lowest BCUT2D eigenvalue weighted by molar-refractivity contribution is -0.137. The van der Waals surface area contributed by atoms with Crippen molar-refractivity contribution in [2.45, 2.75) is 31.6 Å². The van der Waals surface area contributed by atoms with Gasteiger partial charge >= 0.3 is 5.97 Å². The van der Waals surface area contributed by atoms with Gasteiger partial charge in [0.25, 0.3) is 0 Å². The predicted molar refractivity (Wildman–Crippen MR) is 71.9 cm³/mol. The minimum absolute atomic E-state index is 0.00987. The van der Waals surface area contributed by atoms with Gasteiger partial charge in [0.1, 0.15) is 5.82 Å². The van der Waals surface area contributed by atoms with Gasteiger partial charge in [-0.15, -0.1) is 0 Å². The molecule has 1 fully saturated rings. The highest BCUT2D eigenvalue weighted by atomic mass is 19.1. The van der Waals surface area contributed by atoms with Gasteiger partial charge in [0, 0.05) is 42.1 Å². The molecule has 1 heterocycles. The number of benzene rings is 1. The summed E-state index contributed by atoms with van der Waals surface area (Å²) in [6, 6.07) is 2.75. The Morgan fingerprint density at radius 1 is 1.38 bits per heavy atom. The summed E-state index contributed by atoms with van der Waals surface area (Å²) < 4.78 is 14.3. The van der Waals surface area contributed by atoms with Crippen molar-refractivity contribution in [1.82, 2.24) is 0 Å². The molecule has 5 nitrogen and oxygen atoms in total. The van der Waals surface area contributed by atoms with Crippen LogP contribution >= 0.6 is 0 Å². The molecule has 6 heteroatoms. The Kier molecular flexibility index (Phi) is 3.23. The molecule has 0 spiro atoms. The maximum absolute atomic E-state index is 14.3. The number of halogens is 1. The van der Waals surface area contributed by atoms with Gasteiger partial charge in [-0.25, -0.2) is 4.39 Å². The van der Waals surface area contributed by atoms with Gasteiger partial charge in [-0.2, -0.15) is 0 Å². The van der Waals surface area contributed by atoms with E-state index in [4.69, 9.17) is 5.11 Å². The van der Waals surface area contributed by atoms with E-state index in [0.29, 0.717) is 25.1 Å². The third-order valence-electron chi connectivity index (χ3n) is 4.06. The quantitative estimate of drug-likeness (QED) is 0.925. The number of carboxylic acids is 1. The first-order valence-corrected chi connectivity index (χ1v) is 6.86. The van der Waals surface area contributed by atoms with Crippen molar-refractivity contribution in [3.8, 4) is 0 Å². The van der Waals surface area contributed by atoms with Crippen molar-refractivity contribution >= 4 is 23.3 Å². The van der Waals surface area contributed by atoms with E-state index in [2.05, 4.69) is 0 Å². The molecule has 0 aromatic heterocycles. The number of carboxylic acid groups (broad SMARTS) is 1. The number of amides is 1. The number of Topliss-reactive ketones (excluding diaryl/α,β-unsaturated/α-hetero) is 1. The summed E-state index contributed by atoms with van der Waals surface area (Å²) >= 11 is 0. The van der Waals surface area contributed by atoms with E-state index in [1.54, 1.807) is 0 Å². The number of carbonyl (C=O) groups is 3. The molecule has 1 aromatic rings. The maximum atomic E-state index is 14.3. The summed E-state index contributed by atoms with van der Waals surface area (Å²) in [5, 5.41) is 8.85. The zero-order chi connectivity index (χ0) is 15.1. The molecule has 3 rings (SSSR count). The third kappa shape index (κ3) is 2.30. The Morgan fingerprint density at radius 3 is 2.76 bits per heavy atom. The topological polar surface area (TPSA) is 74.7 Å². The van der Waals surface area contributed by atoms with Gasteiger partial charge in [0.05, 0.1) is 6.42 Å². The Balaban J connectivity index is 2.02. The van der Waals surface area contributed by atoms with Gasteiger partial charge in [0.15, 0.2) is 5.78 Å². The molecule has 1 amide bonds. The lowest BCUT2D eigenvalue weighted by Crippen LogP contribution is -2.24. The van der Waals surface area contributed by atoms with Gasteiger partial charge in [-0.05, 0) is 18.6 Å². The normalized spacial score (nSPS) is 21.0. The Bertz CT molecular complexity index is 655. The first-order valence-electron chi connectivity index (χ1n) is 6.86. The van der Waals surface area contributed by atoms with E-state index >= 15 is 0 Å². The molecule has 1 aliphatic heterocycles. The summed E-state index contributed by atoms with van der Waals surface area (Å²) in [6.45, 7) is 0.518. The molecule has 1 N–H and O–H groups in total. The number of carbonyl (C=O) groups excluding carboxylic acids is 2. The van der Waals surface area contributed by atoms with Crippen LogP contribution in [0.5, 0.6) is 0 Å². The van der Waals surface area contributed by atoms with Crippen LogP contribution in [0.15, 0.2) is 12.1 Å². The second-order valence-electron chi connectivity index (χ2n) is 5.46. The number of anilines is 1. The molecule has 0 saturated carbocycles. The van der Waals surface area contributed by atoms with Crippen LogP contribution in [-0.2, 0) is 9.59 Å². The highest BCUT2D eigenvalue weighted by Gasteiger charge is 2.35. The lowest BCUT2D eigenvalue weighted by atomic mass is 9.97. The van der Waals surface area contributed by atoms with Crippen LogP contribution in [0.25, 0.3) is 0 Å². The van der Waals surface area contributed by atoms with Crippen molar-refractivity contribution in [2.24, 2.45) is 0 Å². The fourth-order valence-corrected chi connectivity index (χ4v) is 3.15. The molecule has 0 bridgehead atoms. The number of nitrogens with zero attached hydrogens (tertiary/aromatic N) is 1. The van der Waals surface area contributed by atoms with E-state index in [9.17, 15) is 18.8 Å². The number of hydrogen-bond acceptors (Lipinski definition) is 3. The molecule has 1 saturated heterocycles. The zero-order valence-corrected chi connectivity index (χ0v) is 11.3. The smallest absolute Gasteiger partial charge is 0.303 e. The predicted octanol–water partition coefficient (Wildman–Crippen LogP) is 2.10. The van der Waals surface area contributed by atoms with Crippen molar-refractivity contribution < 1.29 is 23.9 Å². The first-order chi connectivity index (χ1) is 9.97. The van der Waals surface area contributed by atoms with E-state index in [-0.39, 0.29) is 35.7 Å². The highest BCUT2D eigenvalue weighted by Crippen LogP contribution is 2.40. The summed E-state index contributed by atoms with van der Waals surface area (Å²) in [7, 11) is 0. The first kappa shape index (κ1) is 13.7. The van der Waals surface area contributed by atoms with Crippen LogP contribution in [0.4, 0.5) is 10.1 Å². The minimum Gasteiger partial charge on any atom is -0.481 e. The molecule has 0 radical (unpaired) electrons. The number of hydrogen-bond donors (Lipinski definition) is 1. The number of aliphatic carboxylic acids is 1. The summed E-state index contributed by atoms with van der Waals surface area (Å²) in [5.41, 5.74) is 0.784. The third-order valence-corrected chi connectivity index (χ3v) is 4.06. The van der Waals surface area contributed by atoms with Crippen LogP contribution in [0.2, 0.25) is 0 Å². The summed E-state index contributed by atoms with van der Waals surface area (Å²) in [5.74, 6) is -2.61. The van der Waals surface area contributed by atoms with Crippen LogP contribution in [0.3, 0.4) is 0 Å². The Morgan fingerprint density at radius 2 is 2.14 bits per heavy atom. The molecule has 110 valence electrons. The standard InChI is InChI=1S/C15H14FNO4/c16-11-7-9(17-3-1-2-13(17)19)6-10-12(18)4-8(15(10)11)5-14(20)21/h6-8H,1-5H2,(H,20,21). The van der Waals surface area contributed by atoms with Gasteiger partial charge in [-0.1, -0.05) is 0 Å². The van der Waals surface area contributed by atoms with E-state index in [1.165, 1.54) is 17.0 Å². The van der Waals surface area contributed by atoms with Crippen LogP contribution in [0, 0.1) is 5.82 Å². The molecule has 2 aliphatic rings. The Hall–Kier alpha value is -2.24. The molecule has 21 heavy (non-hydrogen) atoms. The number of fused-ring (bicyclic) bond motifs is 1. The molecule has 1 aromatic carbocycles. The van der Waals surface area contributed by atoms with E-state index < -0.39 is 17.7 Å². The molecular weight excluding hydrogens is 277 g/mol. The molecule has 1 aliphatic carbocycles. The SMILES string of the molecule is O=C(O)CC1CC(=O)c2cc(N3CCCC3=O)cc(F)c21. The molecular formula is C15H14FNO4. The summed E-state index contributed by atoms with van der Waals surface area (Å²) in [6.07, 6.45) is 0.884. The lowest BCUT2D eigenvalue weighted by Gasteiger charge is -2.18. The maximum Gasteiger partial charge on any atom is 0.303 e. The molecule has 1 unspecified atom stereocenters. The fraction of sp³-hybridized carbons (Fsp3) is 0.400. The number of ketones is 1. The largest absolute Gasteiger partial charge is 0.481 e. The highest BCUT2D eigenvalue weighted by molar-refractivity contribution is 6.04. The van der Waals surface area contributed by atoms with Crippen molar-refractivity contribution in [3.63, 3.8) is 0 Å². The van der Waals surface area contributed by atoms with Crippen LogP contribution in [0.1, 0.15) is 47.5 Å². The molecule has 1 atom stereocenters. The second kappa shape index (κ2) is 4.95. The van der Waals surface area contributed by atoms with Crippen molar-refractivity contribution in [1.29, 1.82) is 0 Å². The number of rotatable bonds is 3. The van der Waals surface area contributed by atoms with Crippen LogP contribution in [-0.4, -0.2) is 29.3 Å². The van der Waals surface area contributed by atoms with Gasteiger partial charge in [-0.3, -0.25) is 14.4 Å². The minimum atomic E-state index is -1.06. The van der Waals surface area contributed by atoms with Crippen LogP contribution < -0.4 is 4.90 Å². The van der Waals surface area contributed by atoms with Crippen molar-refractivity contribution in [3.05, 3.63) is 29.1 Å². The van der Waals surface area contributed by atoms with Gasteiger partial charge in [0.2, 0.25) is 5.91 Å². The zero-order valence-electron chi connectivity index (χ0n) is 11.3. The average molecular weight is 291 g/mol. The summed E-state index contributed by atoms with van der Waals surface area (Å²) in [4.78, 5) is 36.0. The Labute approximate surface area is 120 Å². The second-order valence-corrected chi connectivity index (χ2v) is 5.46. The monoisotopic (exact) mass is 291 g/mol.